The maximum absolute atomic E-state index is 13.4. The Labute approximate surface area is 256 Å². The molecule has 2 fully saturated rings. The van der Waals surface area contributed by atoms with E-state index in [9.17, 15) is 9.59 Å². The Bertz CT molecular complexity index is 1360. The Morgan fingerprint density at radius 1 is 0.837 bits per heavy atom. The van der Waals surface area contributed by atoms with Crippen molar-refractivity contribution in [3.8, 4) is 5.75 Å². The zero-order chi connectivity index (χ0) is 29.6. The first-order valence-electron chi connectivity index (χ1n) is 16.1. The molecule has 2 saturated heterocycles. The van der Waals surface area contributed by atoms with Crippen molar-refractivity contribution >= 4 is 17.5 Å². The summed E-state index contributed by atoms with van der Waals surface area (Å²) in [7, 11) is 0. The molecule has 3 aromatic carbocycles. The van der Waals surface area contributed by atoms with Gasteiger partial charge in [-0.3, -0.25) is 19.4 Å². The quantitative estimate of drug-likeness (QED) is 0.330. The van der Waals surface area contributed by atoms with Gasteiger partial charge in [-0.05, 0) is 67.1 Å². The van der Waals surface area contributed by atoms with Gasteiger partial charge in [-0.25, -0.2) is 0 Å². The molecule has 0 aromatic heterocycles. The molecule has 3 aliphatic rings. The van der Waals surface area contributed by atoms with E-state index in [1.807, 2.05) is 46.2 Å². The summed E-state index contributed by atoms with van der Waals surface area (Å²) in [6.07, 6.45) is 5.02. The fourth-order valence-corrected chi connectivity index (χ4v) is 6.81. The van der Waals surface area contributed by atoms with Gasteiger partial charge in [0.25, 0.3) is 5.91 Å². The lowest BCUT2D eigenvalue weighted by molar-refractivity contribution is -0.119. The van der Waals surface area contributed by atoms with Crippen molar-refractivity contribution in [2.75, 3.05) is 44.2 Å². The number of piperidine rings is 1. The molecule has 0 aliphatic carbocycles. The van der Waals surface area contributed by atoms with Crippen LogP contribution in [0.5, 0.6) is 5.75 Å². The minimum Gasteiger partial charge on any atom is -0.475 e. The van der Waals surface area contributed by atoms with E-state index in [2.05, 4.69) is 59.2 Å². The number of fused-ring (bicyclic) bond motifs is 1. The number of hydrogen-bond acceptors (Lipinski definition) is 5. The van der Waals surface area contributed by atoms with Crippen molar-refractivity contribution in [2.24, 2.45) is 0 Å². The van der Waals surface area contributed by atoms with Crippen LogP contribution in [-0.4, -0.2) is 78.1 Å². The number of piperazine rings is 1. The van der Waals surface area contributed by atoms with Crippen LogP contribution in [0.1, 0.15) is 60.5 Å². The summed E-state index contributed by atoms with van der Waals surface area (Å²) in [6, 6.07) is 26.7. The number of carbonyl (C=O) groups is 2. The molecule has 0 bridgehead atoms. The summed E-state index contributed by atoms with van der Waals surface area (Å²) >= 11 is 0. The topological polar surface area (TPSA) is 56.3 Å². The van der Waals surface area contributed by atoms with Gasteiger partial charge in [-0.15, -0.1) is 0 Å². The molecule has 7 heteroatoms. The first-order chi connectivity index (χ1) is 21.1. The van der Waals surface area contributed by atoms with Gasteiger partial charge in [0.05, 0.1) is 0 Å². The third-order valence-electron chi connectivity index (χ3n) is 9.22. The Kier molecular flexibility index (Phi) is 9.39. The Hall–Kier alpha value is -3.68. The van der Waals surface area contributed by atoms with Crippen LogP contribution >= 0.6 is 0 Å². The van der Waals surface area contributed by atoms with Crippen molar-refractivity contribution < 1.29 is 14.3 Å². The lowest BCUT2D eigenvalue weighted by atomic mass is 9.95. The molecule has 1 unspecified atom stereocenters. The predicted molar refractivity (Wildman–Crippen MR) is 170 cm³/mol. The SMILES string of the molecule is CCCC(Oc1ccc(C(=O)N2CCC(N3C(=O)CCc4ccccc43)CC2)cc1)N1CCN(Cc2ccccc2)CC1. The van der Waals surface area contributed by atoms with Crippen molar-refractivity contribution in [1.82, 2.24) is 14.7 Å². The molecule has 3 aromatic rings. The minimum atomic E-state index is 0.0343. The molecular formula is C36H44N4O3. The van der Waals surface area contributed by atoms with Crippen LogP contribution in [0.4, 0.5) is 5.69 Å². The van der Waals surface area contributed by atoms with Gasteiger partial charge in [0.1, 0.15) is 5.75 Å². The van der Waals surface area contributed by atoms with Gasteiger partial charge in [-0.1, -0.05) is 61.9 Å². The zero-order valence-electron chi connectivity index (χ0n) is 25.4. The van der Waals surface area contributed by atoms with Crippen molar-refractivity contribution in [3.05, 3.63) is 95.6 Å². The number of anilines is 1. The number of carbonyl (C=O) groups excluding carboxylic acids is 2. The molecule has 2 amide bonds. The number of para-hydroxylation sites is 1. The lowest BCUT2D eigenvalue weighted by Gasteiger charge is -2.41. The molecule has 226 valence electrons. The number of hydrogen-bond donors (Lipinski definition) is 0. The van der Waals surface area contributed by atoms with E-state index in [0.29, 0.717) is 25.1 Å². The third-order valence-corrected chi connectivity index (χ3v) is 9.22. The fraction of sp³-hybridized carbons (Fsp3) is 0.444. The lowest BCUT2D eigenvalue weighted by Crippen LogP contribution is -2.51. The van der Waals surface area contributed by atoms with Crippen LogP contribution in [0, 0.1) is 0 Å². The standard InChI is InChI=1S/C36H44N4O3/c1-2-8-35(38-25-23-37(24-26-38)27-28-9-4-3-5-10-28)43-32-16-13-30(14-17-32)36(42)39-21-19-31(20-22-39)40-33-12-7-6-11-29(33)15-18-34(40)41/h3-7,9-14,16-17,31,35H,2,8,15,18-27H2,1H3. The average Bonchev–Trinajstić information content (AvgIpc) is 3.05. The molecule has 0 spiro atoms. The van der Waals surface area contributed by atoms with Crippen LogP contribution in [0.15, 0.2) is 78.9 Å². The second-order valence-corrected chi connectivity index (χ2v) is 12.1. The Morgan fingerprint density at radius 2 is 1.53 bits per heavy atom. The highest BCUT2D eigenvalue weighted by molar-refractivity contribution is 5.97. The second kappa shape index (κ2) is 13.7. The summed E-state index contributed by atoms with van der Waals surface area (Å²) in [5, 5.41) is 0. The molecule has 0 saturated carbocycles. The smallest absolute Gasteiger partial charge is 0.253 e. The van der Waals surface area contributed by atoms with Crippen LogP contribution in [0.2, 0.25) is 0 Å². The molecule has 1 atom stereocenters. The largest absolute Gasteiger partial charge is 0.475 e. The zero-order valence-corrected chi connectivity index (χ0v) is 25.4. The number of benzene rings is 3. The fourth-order valence-electron chi connectivity index (χ4n) is 6.81. The Balaban J connectivity index is 1.01. The molecule has 6 rings (SSSR count). The second-order valence-electron chi connectivity index (χ2n) is 12.1. The number of likely N-dealkylation sites (tertiary alicyclic amines) is 1. The molecule has 0 radical (unpaired) electrons. The third kappa shape index (κ3) is 6.94. The Morgan fingerprint density at radius 3 is 2.26 bits per heavy atom. The maximum Gasteiger partial charge on any atom is 0.253 e. The highest BCUT2D eigenvalue weighted by atomic mass is 16.5. The summed E-state index contributed by atoms with van der Waals surface area (Å²) in [6.45, 7) is 8.53. The van der Waals surface area contributed by atoms with Gasteiger partial charge < -0.3 is 14.5 Å². The van der Waals surface area contributed by atoms with Gasteiger partial charge >= 0.3 is 0 Å². The van der Waals surface area contributed by atoms with E-state index in [0.717, 1.165) is 76.3 Å². The van der Waals surface area contributed by atoms with Crippen molar-refractivity contribution in [3.63, 3.8) is 0 Å². The van der Waals surface area contributed by atoms with E-state index in [1.165, 1.54) is 11.1 Å². The van der Waals surface area contributed by atoms with Crippen LogP contribution in [-0.2, 0) is 17.8 Å². The highest BCUT2D eigenvalue weighted by Crippen LogP contribution is 2.32. The first kappa shape index (κ1) is 29.4. The minimum absolute atomic E-state index is 0.0343. The first-order valence-corrected chi connectivity index (χ1v) is 16.1. The molecule has 3 heterocycles. The molecule has 43 heavy (non-hydrogen) atoms. The van der Waals surface area contributed by atoms with Crippen molar-refractivity contribution in [2.45, 2.75) is 64.3 Å². The summed E-state index contributed by atoms with van der Waals surface area (Å²) in [4.78, 5) is 35.1. The van der Waals surface area contributed by atoms with Crippen LogP contribution < -0.4 is 9.64 Å². The van der Waals surface area contributed by atoms with E-state index in [1.54, 1.807) is 0 Å². The number of rotatable bonds is 9. The molecule has 0 N–H and O–H groups in total. The predicted octanol–water partition coefficient (Wildman–Crippen LogP) is 5.59. The molecule has 7 nitrogen and oxygen atoms in total. The van der Waals surface area contributed by atoms with E-state index in [4.69, 9.17) is 4.74 Å². The molecular weight excluding hydrogens is 536 g/mol. The van der Waals surface area contributed by atoms with E-state index in [-0.39, 0.29) is 24.1 Å². The summed E-state index contributed by atoms with van der Waals surface area (Å²) in [5.41, 5.74) is 4.34. The number of amides is 2. The summed E-state index contributed by atoms with van der Waals surface area (Å²) < 4.78 is 6.49. The summed E-state index contributed by atoms with van der Waals surface area (Å²) in [5.74, 6) is 1.06. The van der Waals surface area contributed by atoms with E-state index < -0.39 is 0 Å². The highest BCUT2D eigenvalue weighted by Gasteiger charge is 2.34. The van der Waals surface area contributed by atoms with E-state index >= 15 is 0 Å². The van der Waals surface area contributed by atoms with Gasteiger partial charge in [0.15, 0.2) is 6.23 Å². The number of nitrogens with zero attached hydrogens (tertiary/aromatic N) is 4. The van der Waals surface area contributed by atoms with Gasteiger partial charge in [-0.2, -0.15) is 0 Å². The van der Waals surface area contributed by atoms with Gasteiger partial charge in [0.2, 0.25) is 5.91 Å². The average molecular weight is 581 g/mol. The molecule has 3 aliphatic heterocycles. The number of ether oxygens (including phenoxy) is 1. The maximum atomic E-state index is 13.4. The van der Waals surface area contributed by atoms with Crippen LogP contribution in [0.3, 0.4) is 0 Å². The van der Waals surface area contributed by atoms with Crippen molar-refractivity contribution in [1.29, 1.82) is 0 Å². The van der Waals surface area contributed by atoms with Gasteiger partial charge in [0, 0.05) is 69.5 Å². The monoisotopic (exact) mass is 580 g/mol. The van der Waals surface area contributed by atoms with Crippen LogP contribution in [0.25, 0.3) is 0 Å². The normalized spacial score (nSPS) is 19.2. The number of aryl methyl sites for hydroxylation is 1.